The van der Waals surface area contributed by atoms with E-state index >= 15 is 0 Å². The molecule has 2 atom stereocenters. The third kappa shape index (κ3) is 37.5. The third-order valence-corrected chi connectivity index (χ3v) is 14.6. The van der Waals surface area contributed by atoms with E-state index in [1.165, 1.54) is 60.3 Å². The monoisotopic (exact) mass is 829 g/mol. The van der Waals surface area contributed by atoms with Crippen molar-refractivity contribution < 1.29 is 9.59 Å². The van der Waals surface area contributed by atoms with Gasteiger partial charge in [0.05, 0.1) is 11.1 Å². The minimum Gasteiger partial charge on any atom is -0.333 e. The summed E-state index contributed by atoms with van der Waals surface area (Å²) in [6.07, 6.45) is 10.1. The topological polar surface area (TPSA) is 84.2 Å². The van der Waals surface area contributed by atoms with Crippen molar-refractivity contribution >= 4 is 110 Å². The van der Waals surface area contributed by atoms with Gasteiger partial charge in [-0.25, -0.2) is 0 Å². The number of hydrogen-bond donors (Lipinski definition) is 3. The number of nitrogens with one attached hydrogen (secondary N) is 2. The first kappa shape index (κ1) is 58.8. The summed E-state index contributed by atoms with van der Waals surface area (Å²) >= 11 is 17.8. The minimum absolute atomic E-state index is 0.0408. The molecule has 0 saturated heterocycles. The molecular formula is C31H63N3O2S10. The summed E-state index contributed by atoms with van der Waals surface area (Å²) in [6.45, 7) is 32.4. The Morgan fingerprint density at radius 2 is 0.870 bits per heavy atom. The molecule has 0 aliphatic rings. The molecule has 0 aliphatic heterocycles. The average molecular weight is 831 g/mol. The molecule has 0 unspecified atom stereocenters. The van der Waals surface area contributed by atoms with Gasteiger partial charge >= 0.3 is 0 Å². The predicted molar refractivity (Wildman–Crippen MR) is 236 cm³/mol. The van der Waals surface area contributed by atoms with E-state index in [0.29, 0.717) is 11.6 Å². The number of carbonyl (C=O) groups is 2. The molecule has 4 N–H and O–H groups in total. The summed E-state index contributed by atoms with van der Waals surface area (Å²) < 4.78 is 0. The number of carbonyl (C=O) groups excluding carboxylic acids is 2. The molecule has 0 aromatic heterocycles. The lowest BCUT2D eigenvalue weighted by Gasteiger charge is -2.33. The Morgan fingerprint density at radius 3 is 1.02 bits per heavy atom. The van der Waals surface area contributed by atoms with E-state index in [1.54, 1.807) is 0 Å². The van der Waals surface area contributed by atoms with Crippen molar-refractivity contribution in [3.63, 3.8) is 0 Å². The molecule has 274 valence electrons. The van der Waals surface area contributed by atoms with Gasteiger partial charge < -0.3 is 16.4 Å². The van der Waals surface area contributed by atoms with Gasteiger partial charge in [0.1, 0.15) is 0 Å². The molecule has 0 heterocycles. The van der Waals surface area contributed by atoms with Crippen LogP contribution >= 0.6 is 0 Å². The fourth-order valence-corrected chi connectivity index (χ4v) is 9.98. The van der Waals surface area contributed by atoms with Crippen LogP contribution in [-0.4, -0.2) is 41.8 Å². The first-order valence-electron chi connectivity index (χ1n) is 14.9. The minimum atomic E-state index is -0.447. The highest BCUT2D eigenvalue weighted by molar-refractivity contribution is 8.60. The Bertz CT molecular complexity index is 945. The molecule has 0 amide bonds. The van der Waals surface area contributed by atoms with Crippen molar-refractivity contribution in [3.05, 3.63) is 38.5 Å². The highest BCUT2D eigenvalue weighted by atomic mass is 33.3. The van der Waals surface area contributed by atoms with Crippen molar-refractivity contribution in [1.29, 1.82) is 0 Å². The maximum Gasteiger partial charge on any atom is 0.155 e. The van der Waals surface area contributed by atoms with Crippen LogP contribution in [0, 0.1) is 11.8 Å². The second-order valence-corrected chi connectivity index (χ2v) is 21.6. The highest BCUT2D eigenvalue weighted by Gasteiger charge is 2.35. The van der Waals surface area contributed by atoms with Crippen LogP contribution in [0.5, 0.6) is 0 Å². The van der Waals surface area contributed by atoms with E-state index < -0.39 is 11.1 Å². The Hall–Kier alpha value is 0.640. The van der Waals surface area contributed by atoms with Crippen LogP contribution in [0.4, 0.5) is 0 Å². The largest absolute Gasteiger partial charge is 0.333 e. The van der Waals surface area contributed by atoms with Gasteiger partial charge in [-0.2, -0.15) is 0 Å². The van der Waals surface area contributed by atoms with Crippen LogP contribution in [0.15, 0.2) is 38.5 Å². The zero-order valence-electron chi connectivity index (χ0n) is 30.0. The zero-order valence-corrected chi connectivity index (χ0v) is 38.2. The lowest BCUT2D eigenvalue weighted by Crippen LogP contribution is -2.53. The third-order valence-electron chi connectivity index (χ3n) is 5.72. The van der Waals surface area contributed by atoms with Gasteiger partial charge in [0.2, 0.25) is 0 Å². The molecule has 0 aliphatic carbocycles. The number of Topliss-reactive ketones (excluding diaryl/α,β-unsaturated/α-hetero) is 2. The van der Waals surface area contributed by atoms with E-state index in [0.717, 1.165) is 38.5 Å². The Morgan fingerprint density at radius 1 is 0.630 bits per heavy atom. The maximum atomic E-state index is 12.7. The summed E-state index contributed by atoms with van der Waals surface area (Å²) in [5, 5.41) is 6.98. The smallest absolute Gasteiger partial charge is 0.155 e. The molecule has 0 bridgehead atoms. The number of rotatable bonds is 16. The van der Waals surface area contributed by atoms with Gasteiger partial charge in [-0.05, 0) is 87.1 Å². The van der Waals surface area contributed by atoms with Crippen molar-refractivity contribution in [2.75, 3.05) is 7.05 Å². The summed E-state index contributed by atoms with van der Waals surface area (Å²) in [6, 6.07) is 0.575. The van der Waals surface area contributed by atoms with E-state index in [9.17, 15) is 9.59 Å². The molecule has 46 heavy (non-hydrogen) atoms. The second-order valence-electron chi connectivity index (χ2n) is 11.0. The van der Waals surface area contributed by atoms with E-state index in [4.69, 9.17) is 0 Å². The van der Waals surface area contributed by atoms with Gasteiger partial charge in [0.15, 0.2) is 11.6 Å². The van der Waals surface area contributed by atoms with Crippen LogP contribution in [0.1, 0.15) is 108 Å². The maximum absolute atomic E-state index is 12.7. The molecule has 0 rings (SSSR count). The van der Waals surface area contributed by atoms with Crippen LogP contribution in [0.3, 0.4) is 0 Å². The van der Waals surface area contributed by atoms with Gasteiger partial charge in [0, 0.05) is 122 Å². The van der Waals surface area contributed by atoms with Gasteiger partial charge in [-0.3, -0.25) is 9.59 Å². The molecule has 5 nitrogen and oxygen atoms in total. The summed E-state index contributed by atoms with van der Waals surface area (Å²) in [5.74, 6) is 0.678. The Kier molecular flexibility index (Phi) is 53.5. The number of hydrogen-bond acceptors (Lipinski definition) is 9. The second kappa shape index (κ2) is 41.8. The quantitative estimate of drug-likeness (QED) is 0.113. The summed E-state index contributed by atoms with van der Waals surface area (Å²) in [4.78, 5) is 25.3. The van der Waals surface area contributed by atoms with Crippen LogP contribution in [0.25, 0.3) is 0 Å². The molecule has 0 saturated carbocycles. The normalized spacial score (nSPS) is 12.3. The molecule has 15 heteroatoms. The number of unbranched alkanes of at least 4 members (excludes halogenated alkanes) is 2. The first-order valence-corrected chi connectivity index (χ1v) is 25.6. The highest BCUT2D eigenvalue weighted by Crippen LogP contribution is 2.22. The van der Waals surface area contributed by atoms with Crippen molar-refractivity contribution in [1.82, 2.24) is 10.6 Å². The summed E-state index contributed by atoms with van der Waals surface area (Å²) in [5.41, 5.74) is 3.61. The fourth-order valence-electron chi connectivity index (χ4n) is 4.49. The van der Waals surface area contributed by atoms with E-state index in [-0.39, 0.29) is 23.9 Å². The lowest BCUT2D eigenvalue weighted by molar-refractivity contribution is -0.129. The SMILES string of the molecule is C=C.C=C.CC(C)N[C@@](C)(CCC/C=C\CCC[C@](C)(NC(C)C)C(=O)C(C)C)C(=O)C(C)C.CN.S=S=S=S=S.S=S=S=S=S. The molecule has 0 aromatic carbocycles. The van der Waals surface area contributed by atoms with E-state index in [1.807, 2.05) is 41.5 Å². The molecule has 0 spiro atoms. The lowest BCUT2D eigenvalue weighted by atomic mass is 9.83. The van der Waals surface area contributed by atoms with Crippen molar-refractivity contribution in [3.8, 4) is 0 Å². The van der Waals surface area contributed by atoms with Gasteiger partial charge in [0.25, 0.3) is 0 Å². The molecule has 0 fully saturated rings. The predicted octanol–water partition coefficient (Wildman–Crippen LogP) is 7.00. The van der Waals surface area contributed by atoms with Crippen molar-refractivity contribution in [2.24, 2.45) is 17.6 Å². The van der Waals surface area contributed by atoms with Gasteiger partial charge in [-0.15, -0.1) is 26.3 Å². The van der Waals surface area contributed by atoms with Gasteiger partial charge in [-0.1, -0.05) is 39.8 Å². The molecular weight excluding hydrogens is 767 g/mol. The number of allylic oxidation sites excluding steroid dienone is 2. The molecule has 0 aromatic rings. The number of nitrogens with two attached hydrogens (primary N) is 1. The first-order chi connectivity index (χ1) is 21.6. The molecule has 0 radical (unpaired) electrons. The van der Waals surface area contributed by atoms with Crippen LogP contribution < -0.4 is 16.4 Å². The zero-order chi connectivity index (χ0) is 37.8. The summed E-state index contributed by atoms with van der Waals surface area (Å²) in [7, 11) is 9.39. The van der Waals surface area contributed by atoms with Crippen LogP contribution in [0.2, 0.25) is 0 Å². The Balaban J connectivity index is -0.000000208. The number of ketones is 2. The fraction of sp³-hybridized carbons (Fsp3) is 0.742. The van der Waals surface area contributed by atoms with Crippen molar-refractivity contribution in [2.45, 2.75) is 131 Å². The van der Waals surface area contributed by atoms with E-state index in [2.05, 4.69) is 127 Å². The average Bonchev–Trinajstić information content (AvgIpc) is 3.01. The standard InChI is InChI=1S/C26H50N2O2.2C2H4.CH5N.2S5/c1-19(2)23(29)25(9,27-21(5)6)17-15-13-11-12-14-16-18-26(10,28-22(7)8)24(30)20(3)4;3*1-2;2*1-3-5-4-2/h11-12,19-22,27-28H,13-18H2,1-10H3;2*1-2H2;2H2,1H3;;/b12-11-;;;;;/t25-,26-;;;;;/m0...../s1. The Labute approximate surface area is 320 Å². The van der Waals surface area contributed by atoms with Crippen LogP contribution in [-0.2, 0) is 108 Å².